The van der Waals surface area contributed by atoms with Crippen molar-refractivity contribution in [2.45, 2.75) is 19.5 Å². The fourth-order valence-electron chi connectivity index (χ4n) is 2.10. The van der Waals surface area contributed by atoms with Crippen molar-refractivity contribution in [1.82, 2.24) is 9.88 Å². The predicted octanol–water partition coefficient (Wildman–Crippen LogP) is 2.12. The van der Waals surface area contributed by atoms with Crippen molar-refractivity contribution in [1.29, 1.82) is 0 Å². The van der Waals surface area contributed by atoms with Crippen LogP contribution in [-0.4, -0.2) is 11.6 Å². The number of nitrogens with one attached hydrogen (secondary N) is 1. The molecule has 1 heterocycles. The molecule has 0 fully saturated rings. The maximum atomic E-state index is 11.1. The molecule has 0 saturated carbocycles. The van der Waals surface area contributed by atoms with Gasteiger partial charge in [-0.3, -0.25) is 4.79 Å². The van der Waals surface area contributed by atoms with Crippen LogP contribution in [-0.2, 0) is 6.54 Å². The van der Waals surface area contributed by atoms with Gasteiger partial charge in [-0.25, -0.2) is 0 Å². The summed E-state index contributed by atoms with van der Waals surface area (Å²) >= 11 is 0. The van der Waals surface area contributed by atoms with Gasteiger partial charge in [0.25, 0.3) is 0 Å². The van der Waals surface area contributed by atoms with Gasteiger partial charge in [0.1, 0.15) is 0 Å². The summed E-state index contributed by atoms with van der Waals surface area (Å²) in [6.45, 7) is 2.92. The Kier molecular flexibility index (Phi) is 3.95. The molecule has 0 spiro atoms. The molecule has 0 radical (unpaired) electrons. The number of hydrogen-bond acceptors (Lipinski definition) is 2. The molecule has 94 valence electrons. The zero-order valence-corrected chi connectivity index (χ0v) is 10.8. The van der Waals surface area contributed by atoms with E-state index in [-0.39, 0.29) is 11.5 Å². The Morgan fingerprint density at radius 3 is 2.44 bits per heavy atom. The van der Waals surface area contributed by atoms with Crippen LogP contribution in [0.25, 0.3) is 0 Å². The van der Waals surface area contributed by atoms with Gasteiger partial charge in [0.05, 0.1) is 6.04 Å². The van der Waals surface area contributed by atoms with Crippen LogP contribution in [0.4, 0.5) is 0 Å². The van der Waals surface area contributed by atoms with Crippen molar-refractivity contribution in [3.05, 3.63) is 70.1 Å². The molecule has 18 heavy (non-hydrogen) atoms. The molecule has 1 unspecified atom stereocenters. The van der Waals surface area contributed by atoms with Crippen LogP contribution in [0, 0.1) is 6.92 Å². The third-order valence-corrected chi connectivity index (χ3v) is 3.17. The van der Waals surface area contributed by atoms with Gasteiger partial charge in [0, 0.05) is 31.1 Å². The second-order valence-electron chi connectivity index (χ2n) is 4.43. The van der Waals surface area contributed by atoms with Gasteiger partial charge in [0.15, 0.2) is 5.43 Å². The first-order chi connectivity index (χ1) is 8.70. The van der Waals surface area contributed by atoms with E-state index >= 15 is 0 Å². The van der Waals surface area contributed by atoms with Crippen molar-refractivity contribution in [2.75, 3.05) is 7.05 Å². The molecule has 2 aromatic rings. The Labute approximate surface area is 107 Å². The Balaban J connectivity index is 2.22. The van der Waals surface area contributed by atoms with E-state index in [9.17, 15) is 4.79 Å². The highest BCUT2D eigenvalue weighted by Gasteiger charge is 2.11. The molecule has 0 amide bonds. The predicted molar refractivity (Wildman–Crippen MR) is 73.7 cm³/mol. The Morgan fingerprint density at radius 2 is 1.83 bits per heavy atom. The summed E-state index contributed by atoms with van der Waals surface area (Å²) < 4.78 is 2.02. The summed E-state index contributed by atoms with van der Waals surface area (Å²) in [6, 6.07) is 11.8. The Bertz CT molecular complexity index is 554. The van der Waals surface area contributed by atoms with Crippen LogP contribution >= 0.6 is 0 Å². The van der Waals surface area contributed by atoms with Crippen molar-refractivity contribution >= 4 is 0 Å². The maximum absolute atomic E-state index is 11.1. The Hall–Kier alpha value is -1.87. The van der Waals surface area contributed by atoms with E-state index in [1.165, 1.54) is 11.1 Å². The molecular formula is C15H18N2O. The van der Waals surface area contributed by atoms with Crippen LogP contribution in [0.15, 0.2) is 53.6 Å². The lowest BCUT2D eigenvalue weighted by Gasteiger charge is -2.20. The van der Waals surface area contributed by atoms with Crippen molar-refractivity contribution in [3.8, 4) is 0 Å². The minimum atomic E-state index is 0.0446. The monoisotopic (exact) mass is 242 g/mol. The van der Waals surface area contributed by atoms with Gasteiger partial charge in [-0.1, -0.05) is 24.3 Å². The molecule has 1 aromatic carbocycles. The highest BCUT2D eigenvalue weighted by molar-refractivity contribution is 5.28. The molecule has 1 aromatic heterocycles. The van der Waals surface area contributed by atoms with Gasteiger partial charge in [-0.15, -0.1) is 0 Å². The second-order valence-corrected chi connectivity index (χ2v) is 4.43. The number of pyridine rings is 1. The molecule has 3 nitrogen and oxygen atoms in total. The quantitative estimate of drug-likeness (QED) is 0.891. The lowest BCUT2D eigenvalue weighted by atomic mass is 10.0. The van der Waals surface area contributed by atoms with E-state index in [0.29, 0.717) is 0 Å². The molecular weight excluding hydrogens is 224 g/mol. The van der Waals surface area contributed by atoms with Gasteiger partial charge in [-0.05, 0) is 25.1 Å². The van der Waals surface area contributed by atoms with Gasteiger partial charge in [-0.2, -0.15) is 0 Å². The SMILES string of the molecule is CNC(Cn1ccc(=O)cc1)c1ccccc1C. The smallest absolute Gasteiger partial charge is 0.181 e. The molecule has 0 saturated heterocycles. The molecule has 0 aliphatic heterocycles. The Morgan fingerprint density at radius 1 is 1.17 bits per heavy atom. The number of likely N-dealkylation sites (N-methyl/N-ethyl adjacent to an activating group) is 1. The molecule has 1 N–H and O–H groups in total. The summed E-state index contributed by atoms with van der Waals surface area (Å²) in [5.41, 5.74) is 2.61. The standard InChI is InChI=1S/C15H18N2O/c1-12-5-3-4-6-14(12)15(16-2)11-17-9-7-13(18)8-10-17/h3-10,15-16H,11H2,1-2H3. The van der Waals surface area contributed by atoms with Crippen LogP contribution in [0.3, 0.4) is 0 Å². The molecule has 3 heteroatoms. The number of rotatable bonds is 4. The van der Waals surface area contributed by atoms with Gasteiger partial charge in [0.2, 0.25) is 0 Å². The first-order valence-electron chi connectivity index (χ1n) is 6.09. The maximum Gasteiger partial charge on any atom is 0.181 e. The highest BCUT2D eigenvalue weighted by atomic mass is 16.1. The average Bonchev–Trinajstić information content (AvgIpc) is 2.39. The number of nitrogens with zero attached hydrogens (tertiary/aromatic N) is 1. The number of hydrogen-bond donors (Lipinski definition) is 1. The van der Waals surface area contributed by atoms with E-state index < -0.39 is 0 Å². The van der Waals surface area contributed by atoms with Crippen molar-refractivity contribution < 1.29 is 0 Å². The topological polar surface area (TPSA) is 34.0 Å². The first-order valence-corrected chi connectivity index (χ1v) is 6.09. The normalized spacial score (nSPS) is 12.3. The summed E-state index contributed by atoms with van der Waals surface area (Å²) in [4.78, 5) is 11.1. The highest BCUT2D eigenvalue weighted by Crippen LogP contribution is 2.18. The fourth-order valence-corrected chi connectivity index (χ4v) is 2.10. The summed E-state index contributed by atoms with van der Waals surface area (Å²) in [5, 5.41) is 3.32. The molecule has 2 rings (SSSR count). The molecule has 0 aliphatic rings. The lowest BCUT2D eigenvalue weighted by molar-refractivity contribution is 0.496. The number of benzene rings is 1. The fraction of sp³-hybridized carbons (Fsp3) is 0.267. The summed E-state index contributed by atoms with van der Waals surface area (Å²) in [5.74, 6) is 0. The minimum Gasteiger partial charge on any atom is -0.352 e. The zero-order valence-electron chi connectivity index (χ0n) is 10.8. The van der Waals surface area contributed by atoms with E-state index in [2.05, 4.69) is 30.4 Å². The van der Waals surface area contributed by atoms with E-state index in [0.717, 1.165) is 6.54 Å². The van der Waals surface area contributed by atoms with Gasteiger partial charge >= 0.3 is 0 Å². The third kappa shape index (κ3) is 2.87. The summed E-state index contributed by atoms with van der Waals surface area (Å²) in [7, 11) is 1.96. The van der Waals surface area contributed by atoms with E-state index in [1.807, 2.05) is 30.1 Å². The van der Waals surface area contributed by atoms with E-state index in [4.69, 9.17) is 0 Å². The zero-order chi connectivity index (χ0) is 13.0. The third-order valence-electron chi connectivity index (χ3n) is 3.17. The number of aromatic nitrogens is 1. The van der Waals surface area contributed by atoms with Crippen LogP contribution in [0.2, 0.25) is 0 Å². The molecule has 1 atom stereocenters. The molecule has 0 bridgehead atoms. The van der Waals surface area contributed by atoms with Crippen LogP contribution in [0.5, 0.6) is 0 Å². The largest absolute Gasteiger partial charge is 0.352 e. The van der Waals surface area contributed by atoms with Crippen LogP contribution < -0.4 is 10.7 Å². The molecule has 0 aliphatic carbocycles. The summed E-state index contributed by atoms with van der Waals surface area (Å²) in [6.07, 6.45) is 3.65. The first kappa shape index (κ1) is 12.6. The van der Waals surface area contributed by atoms with E-state index in [1.54, 1.807) is 12.1 Å². The van der Waals surface area contributed by atoms with Gasteiger partial charge < -0.3 is 9.88 Å². The van der Waals surface area contributed by atoms with Crippen LogP contribution in [0.1, 0.15) is 17.2 Å². The van der Waals surface area contributed by atoms with Crippen molar-refractivity contribution in [3.63, 3.8) is 0 Å². The average molecular weight is 242 g/mol. The number of aryl methyl sites for hydroxylation is 1. The minimum absolute atomic E-state index is 0.0446. The second kappa shape index (κ2) is 5.65. The van der Waals surface area contributed by atoms with Crippen molar-refractivity contribution in [2.24, 2.45) is 0 Å². The lowest BCUT2D eigenvalue weighted by Crippen LogP contribution is -2.23.